The van der Waals surface area contributed by atoms with Crippen LogP contribution in [0.1, 0.15) is 64.5 Å². The third-order valence-corrected chi connectivity index (χ3v) is 6.93. The van der Waals surface area contributed by atoms with Gasteiger partial charge in [-0.3, -0.25) is 9.58 Å². The predicted octanol–water partition coefficient (Wildman–Crippen LogP) is 3.45. The summed E-state index contributed by atoms with van der Waals surface area (Å²) in [5.41, 5.74) is -0.349. The SMILES string of the molecule is Cn1nc(C2CC2)cc1S(=O)(=O)C(F)(F)C1CCCCN1C(=O)OC(C)(C)C. The molecule has 0 aromatic carbocycles. The molecule has 10 heteroatoms. The number of aromatic nitrogens is 2. The van der Waals surface area contributed by atoms with Gasteiger partial charge in [0.05, 0.1) is 5.69 Å². The Bertz CT molecular complexity index is 857. The first-order chi connectivity index (χ1) is 12.8. The van der Waals surface area contributed by atoms with E-state index in [4.69, 9.17) is 4.74 Å². The third-order valence-electron chi connectivity index (χ3n) is 5.00. The van der Waals surface area contributed by atoms with Gasteiger partial charge >= 0.3 is 11.3 Å². The number of hydrogen-bond acceptors (Lipinski definition) is 5. The Morgan fingerprint density at radius 3 is 2.43 bits per heavy atom. The maximum absolute atomic E-state index is 15.3. The Morgan fingerprint density at radius 2 is 1.86 bits per heavy atom. The molecule has 1 unspecified atom stereocenters. The minimum absolute atomic E-state index is 0.0312. The molecule has 0 radical (unpaired) electrons. The van der Waals surface area contributed by atoms with Crippen molar-refractivity contribution in [1.29, 1.82) is 0 Å². The summed E-state index contributed by atoms with van der Waals surface area (Å²) in [5, 5.41) is -0.574. The zero-order valence-electron chi connectivity index (χ0n) is 16.6. The first-order valence-electron chi connectivity index (χ1n) is 9.50. The Hall–Kier alpha value is -1.71. The molecule has 0 spiro atoms. The van der Waals surface area contributed by atoms with Crippen molar-refractivity contribution in [2.24, 2.45) is 7.05 Å². The molecule has 1 atom stereocenters. The number of carbonyl (C=O) groups is 1. The number of rotatable bonds is 4. The number of hydrogen-bond donors (Lipinski definition) is 0. The lowest BCUT2D eigenvalue weighted by Crippen LogP contribution is -2.57. The first-order valence-corrected chi connectivity index (χ1v) is 11.0. The zero-order valence-corrected chi connectivity index (χ0v) is 17.4. The van der Waals surface area contributed by atoms with Gasteiger partial charge in [0.25, 0.3) is 9.84 Å². The van der Waals surface area contributed by atoms with Gasteiger partial charge in [0.1, 0.15) is 11.6 Å². The summed E-state index contributed by atoms with van der Waals surface area (Å²) in [5.74, 6) is 0.136. The fourth-order valence-corrected chi connectivity index (χ4v) is 4.99. The fourth-order valence-electron chi connectivity index (χ4n) is 3.44. The van der Waals surface area contributed by atoms with E-state index in [0.717, 1.165) is 22.4 Å². The van der Waals surface area contributed by atoms with Crippen LogP contribution in [-0.4, -0.2) is 52.6 Å². The largest absolute Gasteiger partial charge is 0.444 e. The van der Waals surface area contributed by atoms with E-state index in [1.54, 1.807) is 20.8 Å². The normalized spacial score (nSPS) is 21.6. The topological polar surface area (TPSA) is 81.5 Å². The third kappa shape index (κ3) is 3.88. The molecule has 1 aliphatic carbocycles. The highest BCUT2D eigenvalue weighted by atomic mass is 32.2. The smallest absolute Gasteiger partial charge is 0.410 e. The van der Waals surface area contributed by atoms with Gasteiger partial charge in [-0.05, 0) is 58.9 Å². The van der Waals surface area contributed by atoms with Gasteiger partial charge in [0.15, 0.2) is 5.03 Å². The number of alkyl halides is 2. The van der Waals surface area contributed by atoms with Crippen LogP contribution in [0.15, 0.2) is 11.1 Å². The molecule has 0 N–H and O–H groups in total. The zero-order chi connectivity index (χ0) is 20.9. The molecular weight excluding hydrogens is 392 g/mol. The summed E-state index contributed by atoms with van der Waals surface area (Å²) < 4.78 is 62.7. The second-order valence-corrected chi connectivity index (χ2v) is 10.5. The van der Waals surface area contributed by atoms with E-state index in [1.165, 1.54) is 13.1 Å². The maximum atomic E-state index is 15.3. The molecule has 158 valence electrons. The number of amides is 1. The van der Waals surface area contributed by atoms with Crippen molar-refractivity contribution < 1.29 is 26.7 Å². The number of sulfone groups is 1. The number of halogens is 2. The second-order valence-electron chi connectivity index (χ2n) is 8.56. The number of nitrogens with zero attached hydrogens (tertiary/aromatic N) is 3. The van der Waals surface area contributed by atoms with Gasteiger partial charge in [-0.25, -0.2) is 13.2 Å². The molecule has 28 heavy (non-hydrogen) atoms. The summed E-state index contributed by atoms with van der Waals surface area (Å²) in [7, 11) is -3.70. The minimum Gasteiger partial charge on any atom is -0.444 e. The van der Waals surface area contributed by atoms with E-state index in [2.05, 4.69) is 5.10 Å². The first kappa shape index (κ1) is 21.0. The summed E-state index contributed by atoms with van der Waals surface area (Å²) in [6.45, 7) is 4.93. The lowest BCUT2D eigenvalue weighted by Gasteiger charge is -2.39. The lowest BCUT2D eigenvalue weighted by atomic mass is 10.0. The van der Waals surface area contributed by atoms with Crippen molar-refractivity contribution in [1.82, 2.24) is 14.7 Å². The Morgan fingerprint density at radius 1 is 1.21 bits per heavy atom. The minimum atomic E-state index is -5.05. The van der Waals surface area contributed by atoms with Crippen LogP contribution in [0.4, 0.5) is 13.6 Å². The summed E-state index contributed by atoms with van der Waals surface area (Å²) in [6, 6.07) is -0.540. The number of carbonyl (C=O) groups excluding carboxylic acids is 1. The van der Waals surface area contributed by atoms with Crippen LogP contribution >= 0.6 is 0 Å². The van der Waals surface area contributed by atoms with Crippen molar-refractivity contribution in [2.75, 3.05) is 6.54 Å². The van der Waals surface area contributed by atoms with Gasteiger partial charge in [-0.15, -0.1) is 0 Å². The molecule has 7 nitrogen and oxygen atoms in total. The van der Waals surface area contributed by atoms with E-state index < -0.39 is 37.9 Å². The van der Waals surface area contributed by atoms with Crippen molar-refractivity contribution in [3.05, 3.63) is 11.8 Å². The molecule has 2 aliphatic rings. The van der Waals surface area contributed by atoms with Crippen molar-refractivity contribution in [3.8, 4) is 0 Å². The van der Waals surface area contributed by atoms with E-state index in [-0.39, 0.29) is 18.9 Å². The van der Waals surface area contributed by atoms with Crippen LogP contribution in [0.5, 0.6) is 0 Å². The molecule has 2 heterocycles. The molecule has 1 aliphatic heterocycles. The second kappa shape index (κ2) is 6.96. The highest BCUT2D eigenvalue weighted by Gasteiger charge is 2.58. The average Bonchev–Trinajstić information content (AvgIpc) is 3.35. The number of likely N-dealkylation sites (tertiary alicyclic amines) is 1. The number of ether oxygens (including phenoxy) is 1. The predicted molar refractivity (Wildman–Crippen MR) is 97.9 cm³/mol. The van der Waals surface area contributed by atoms with Crippen LogP contribution in [0, 0.1) is 0 Å². The quantitative estimate of drug-likeness (QED) is 0.747. The lowest BCUT2D eigenvalue weighted by molar-refractivity contribution is -0.0457. The van der Waals surface area contributed by atoms with Crippen LogP contribution in [0.2, 0.25) is 0 Å². The highest BCUT2D eigenvalue weighted by Crippen LogP contribution is 2.43. The summed E-state index contributed by atoms with van der Waals surface area (Å²) in [4.78, 5) is 13.3. The maximum Gasteiger partial charge on any atom is 0.410 e. The van der Waals surface area contributed by atoms with Crippen molar-refractivity contribution in [3.63, 3.8) is 0 Å². The Balaban J connectivity index is 1.93. The number of piperidine rings is 1. The molecule has 0 bridgehead atoms. The molecule has 1 aromatic rings. The molecule has 1 saturated carbocycles. The number of aryl methyl sites for hydroxylation is 1. The molecule has 3 rings (SSSR count). The fraction of sp³-hybridized carbons (Fsp3) is 0.778. The van der Waals surface area contributed by atoms with E-state index in [0.29, 0.717) is 18.5 Å². The van der Waals surface area contributed by atoms with E-state index in [9.17, 15) is 13.2 Å². The van der Waals surface area contributed by atoms with E-state index in [1.807, 2.05) is 0 Å². The van der Waals surface area contributed by atoms with Crippen LogP contribution in [0.3, 0.4) is 0 Å². The summed E-state index contributed by atoms with van der Waals surface area (Å²) in [6.07, 6.45) is 1.65. The van der Waals surface area contributed by atoms with Crippen LogP contribution in [-0.2, 0) is 21.6 Å². The monoisotopic (exact) mass is 419 g/mol. The van der Waals surface area contributed by atoms with Gasteiger partial charge in [0.2, 0.25) is 0 Å². The van der Waals surface area contributed by atoms with Gasteiger partial charge in [-0.2, -0.15) is 13.9 Å². The van der Waals surface area contributed by atoms with Crippen LogP contribution in [0.25, 0.3) is 0 Å². The highest BCUT2D eigenvalue weighted by molar-refractivity contribution is 7.92. The molecule has 2 fully saturated rings. The molecule has 1 saturated heterocycles. The van der Waals surface area contributed by atoms with Gasteiger partial charge < -0.3 is 4.74 Å². The average molecular weight is 419 g/mol. The van der Waals surface area contributed by atoms with Gasteiger partial charge in [-0.1, -0.05) is 0 Å². The summed E-state index contributed by atoms with van der Waals surface area (Å²) >= 11 is 0. The Labute approximate surface area is 163 Å². The molecule has 1 aromatic heterocycles. The van der Waals surface area contributed by atoms with Crippen molar-refractivity contribution >= 4 is 15.9 Å². The van der Waals surface area contributed by atoms with Gasteiger partial charge in [0, 0.05) is 19.5 Å². The van der Waals surface area contributed by atoms with Crippen molar-refractivity contribution in [2.45, 2.75) is 80.7 Å². The van der Waals surface area contributed by atoms with E-state index >= 15 is 8.78 Å². The molecular formula is C18H27F2N3O4S. The Kier molecular flexibility index (Phi) is 5.23. The molecule has 1 amide bonds. The van der Waals surface area contributed by atoms with Crippen LogP contribution < -0.4 is 0 Å². The standard InChI is InChI=1S/C18H27F2N3O4S/c1-17(2,3)27-16(24)23-10-6-5-7-14(23)18(19,20)28(25,26)15-11-13(12-8-9-12)21-22(15)4/h11-12,14H,5-10H2,1-4H3.